The topological polar surface area (TPSA) is 37.4 Å². The largest absolute Gasteiger partial charge is 0.274 e. The molecule has 1 unspecified atom stereocenters. The average Bonchev–Trinajstić information content (AvgIpc) is 2.55. The van der Waals surface area contributed by atoms with Gasteiger partial charge in [0.05, 0.1) is 15.6 Å². The zero-order valence-corrected chi connectivity index (χ0v) is 12.6. The van der Waals surface area contributed by atoms with E-state index in [0.29, 0.717) is 5.69 Å². The predicted molar refractivity (Wildman–Crippen MR) is 74.2 cm³/mol. The van der Waals surface area contributed by atoms with Crippen LogP contribution in [0.15, 0.2) is 22.7 Å². The maximum atomic E-state index is 13.2. The van der Waals surface area contributed by atoms with E-state index in [1.54, 1.807) is 6.92 Å². The number of rotatable bonds is 2. The number of hydrogen-bond acceptors (Lipinski definition) is 2. The number of imide groups is 1. The number of anilines is 1. The molecule has 0 saturated carbocycles. The van der Waals surface area contributed by atoms with Crippen molar-refractivity contribution in [1.82, 2.24) is 0 Å². The second-order valence-electron chi connectivity index (χ2n) is 5.38. The first-order valence-electron chi connectivity index (χ1n) is 6.10. The van der Waals surface area contributed by atoms with Gasteiger partial charge in [-0.05, 0) is 47.0 Å². The quantitative estimate of drug-likeness (QED) is 0.779. The van der Waals surface area contributed by atoms with Crippen molar-refractivity contribution in [1.29, 1.82) is 0 Å². The summed E-state index contributed by atoms with van der Waals surface area (Å²) in [5.41, 5.74) is -0.273. The van der Waals surface area contributed by atoms with Crippen LogP contribution < -0.4 is 4.90 Å². The standard InChI is InChI=1S/C14H15BrFNO2/c1-8(2)14(3)7-12(18)17(13(14)19)9-4-5-11(16)10(15)6-9/h4-6,8H,7H2,1-3H3. The third-order valence-electron chi connectivity index (χ3n) is 3.90. The fourth-order valence-electron chi connectivity index (χ4n) is 2.17. The Morgan fingerprint density at radius 3 is 2.47 bits per heavy atom. The Kier molecular flexibility index (Phi) is 3.51. The minimum absolute atomic E-state index is 0.0674. The van der Waals surface area contributed by atoms with Gasteiger partial charge in [-0.1, -0.05) is 13.8 Å². The van der Waals surface area contributed by atoms with E-state index in [1.165, 1.54) is 18.2 Å². The number of nitrogens with zero attached hydrogens (tertiary/aromatic N) is 1. The van der Waals surface area contributed by atoms with Crippen molar-refractivity contribution >= 4 is 33.4 Å². The lowest BCUT2D eigenvalue weighted by molar-refractivity contribution is -0.126. The van der Waals surface area contributed by atoms with Crippen LogP contribution in [0.25, 0.3) is 0 Å². The summed E-state index contributed by atoms with van der Waals surface area (Å²) in [7, 11) is 0. The Morgan fingerprint density at radius 2 is 2.00 bits per heavy atom. The van der Waals surface area contributed by atoms with Gasteiger partial charge < -0.3 is 0 Å². The van der Waals surface area contributed by atoms with Gasteiger partial charge in [0.15, 0.2) is 0 Å². The number of halogens is 2. The van der Waals surface area contributed by atoms with Gasteiger partial charge in [0.2, 0.25) is 11.8 Å². The number of hydrogen-bond donors (Lipinski definition) is 0. The van der Waals surface area contributed by atoms with E-state index in [2.05, 4.69) is 15.9 Å². The summed E-state index contributed by atoms with van der Waals surface area (Å²) in [6.45, 7) is 5.65. The Balaban J connectivity index is 2.43. The van der Waals surface area contributed by atoms with Gasteiger partial charge in [0, 0.05) is 6.42 Å². The van der Waals surface area contributed by atoms with Crippen LogP contribution in [0.2, 0.25) is 0 Å². The molecule has 1 aromatic carbocycles. The van der Waals surface area contributed by atoms with Crippen molar-refractivity contribution in [2.45, 2.75) is 27.2 Å². The van der Waals surface area contributed by atoms with Crippen LogP contribution in [0.1, 0.15) is 27.2 Å². The molecule has 2 rings (SSSR count). The molecule has 2 amide bonds. The van der Waals surface area contributed by atoms with Crippen LogP contribution in [-0.4, -0.2) is 11.8 Å². The van der Waals surface area contributed by atoms with Gasteiger partial charge in [-0.15, -0.1) is 0 Å². The smallest absolute Gasteiger partial charge is 0.240 e. The molecule has 19 heavy (non-hydrogen) atoms. The molecule has 5 heteroatoms. The molecule has 3 nitrogen and oxygen atoms in total. The molecule has 0 spiro atoms. The van der Waals surface area contributed by atoms with Gasteiger partial charge in [0.1, 0.15) is 5.82 Å². The first kappa shape index (κ1) is 14.2. The maximum Gasteiger partial charge on any atom is 0.240 e. The lowest BCUT2D eigenvalue weighted by Gasteiger charge is -2.26. The van der Waals surface area contributed by atoms with Crippen molar-refractivity contribution < 1.29 is 14.0 Å². The van der Waals surface area contributed by atoms with E-state index in [0.717, 1.165) is 4.90 Å². The molecule has 1 fully saturated rings. The molecule has 0 radical (unpaired) electrons. The highest BCUT2D eigenvalue weighted by molar-refractivity contribution is 9.10. The van der Waals surface area contributed by atoms with Crippen LogP contribution in [0.5, 0.6) is 0 Å². The molecular weight excluding hydrogens is 313 g/mol. The first-order valence-corrected chi connectivity index (χ1v) is 6.89. The number of carbonyl (C=O) groups excluding carboxylic acids is 2. The Hall–Kier alpha value is -1.23. The number of amides is 2. The molecule has 0 aromatic heterocycles. The van der Waals surface area contributed by atoms with Crippen molar-refractivity contribution in [3.63, 3.8) is 0 Å². The van der Waals surface area contributed by atoms with Gasteiger partial charge in [-0.3, -0.25) is 14.5 Å². The summed E-state index contributed by atoms with van der Waals surface area (Å²) in [4.78, 5) is 25.7. The summed E-state index contributed by atoms with van der Waals surface area (Å²) >= 11 is 3.07. The van der Waals surface area contributed by atoms with Gasteiger partial charge in [-0.25, -0.2) is 4.39 Å². The number of benzene rings is 1. The van der Waals surface area contributed by atoms with Gasteiger partial charge in [-0.2, -0.15) is 0 Å². The normalized spacial score (nSPS) is 23.6. The van der Waals surface area contributed by atoms with E-state index in [1.807, 2.05) is 13.8 Å². The van der Waals surface area contributed by atoms with E-state index < -0.39 is 11.2 Å². The minimum atomic E-state index is -0.683. The highest BCUT2D eigenvalue weighted by Gasteiger charge is 2.50. The third kappa shape index (κ3) is 2.20. The van der Waals surface area contributed by atoms with Crippen LogP contribution in [-0.2, 0) is 9.59 Å². The lowest BCUT2D eigenvalue weighted by Crippen LogP contribution is -2.36. The predicted octanol–water partition coefficient (Wildman–Crippen LogP) is 3.51. The summed E-state index contributed by atoms with van der Waals surface area (Å²) in [5, 5.41) is 0. The molecule has 102 valence electrons. The van der Waals surface area contributed by atoms with E-state index in [9.17, 15) is 14.0 Å². The Labute approximate surface area is 119 Å². The van der Waals surface area contributed by atoms with Crippen molar-refractivity contribution in [2.24, 2.45) is 11.3 Å². The average molecular weight is 328 g/mol. The highest BCUT2D eigenvalue weighted by Crippen LogP contribution is 2.41. The first-order chi connectivity index (χ1) is 8.77. The van der Waals surface area contributed by atoms with Crippen molar-refractivity contribution in [2.75, 3.05) is 4.90 Å². The summed E-state index contributed by atoms with van der Waals surface area (Å²) in [6.07, 6.45) is 0.193. The summed E-state index contributed by atoms with van der Waals surface area (Å²) in [6, 6.07) is 4.14. The summed E-state index contributed by atoms with van der Waals surface area (Å²) in [5.74, 6) is -0.807. The van der Waals surface area contributed by atoms with Gasteiger partial charge >= 0.3 is 0 Å². The molecule has 1 aliphatic heterocycles. The van der Waals surface area contributed by atoms with Crippen LogP contribution in [0, 0.1) is 17.2 Å². The molecule has 1 saturated heterocycles. The van der Waals surface area contributed by atoms with E-state index >= 15 is 0 Å². The molecule has 0 aliphatic carbocycles. The zero-order chi connectivity index (χ0) is 14.4. The fourth-order valence-corrected chi connectivity index (χ4v) is 2.54. The van der Waals surface area contributed by atoms with Crippen molar-refractivity contribution in [3.05, 3.63) is 28.5 Å². The van der Waals surface area contributed by atoms with E-state index in [4.69, 9.17) is 0 Å². The van der Waals surface area contributed by atoms with E-state index in [-0.39, 0.29) is 28.6 Å². The minimum Gasteiger partial charge on any atom is -0.274 e. The second kappa shape index (κ2) is 4.71. The zero-order valence-electron chi connectivity index (χ0n) is 11.0. The van der Waals surface area contributed by atoms with Crippen LogP contribution in [0.4, 0.5) is 10.1 Å². The van der Waals surface area contributed by atoms with Crippen LogP contribution >= 0.6 is 15.9 Å². The Bertz CT molecular complexity index is 558. The molecule has 1 aliphatic rings. The summed E-state index contributed by atoms with van der Waals surface area (Å²) < 4.78 is 13.5. The number of carbonyl (C=O) groups is 2. The molecule has 0 bridgehead atoms. The lowest BCUT2D eigenvalue weighted by atomic mass is 9.78. The molecule has 1 heterocycles. The molecule has 0 N–H and O–H groups in total. The SMILES string of the molecule is CC(C)C1(C)CC(=O)N(c2ccc(F)c(Br)c2)C1=O. The molecular formula is C14H15BrFNO2. The monoisotopic (exact) mass is 327 g/mol. The molecule has 1 atom stereocenters. The van der Waals surface area contributed by atoms with Gasteiger partial charge in [0.25, 0.3) is 0 Å². The fraction of sp³-hybridized carbons (Fsp3) is 0.429. The van der Waals surface area contributed by atoms with Crippen LogP contribution in [0.3, 0.4) is 0 Å². The second-order valence-corrected chi connectivity index (χ2v) is 6.24. The maximum absolute atomic E-state index is 13.2. The van der Waals surface area contributed by atoms with Crippen molar-refractivity contribution in [3.8, 4) is 0 Å². The third-order valence-corrected chi connectivity index (χ3v) is 4.50. The highest BCUT2D eigenvalue weighted by atomic mass is 79.9. The Morgan fingerprint density at radius 1 is 1.37 bits per heavy atom. The molecule has 1 aromatic rings.